The summed E-state index contributed by atoms with van der Waals surface area (Å²) in [4.78, 5) is 30.0. The standard InChI is InChI=1S/C21H14FN3O2/c22-16-12-11-15-20(24-16)25-21(23-15)17(18(26)13-7-3-1-4-8-13)19(27)14-9-5-2-6-10-14/h1-12,23H,(H,24,25). The molecular formula is C21H14FN3O2. The third-order valence-electron chi connectivity index (χ3n) is 4.14. The molecule has 2 N–H and O–H groups in total. The van der Waals surface area contributed by atoms with Crippen molar-refractivity contribution in [1.82, 2.24) is 4.98 Å². The summed E-state index contributed by atoms with van der Waals surface area (Å²) in [6, 6.07) is 19.7. The molecule has 1 aromatic heterocycles. The number of ketones is 2. The van der Waals surface area contributed by atoms with Crippen molar-refractivity contribution in [3.05, 3.63) is 101 Å². The van der Waals surface area contributed by atoms with E-state index in [1.54, 1.807) is 60.7 Å². The summed E-state index contributed by atoms with van der Waals surface area (Å²) in [5.74, 6) is -1.12. The van der Waals surface area contributed by atoms with Gasteiger partial charge in [-0.05, 0) is 12.1 Å². The van der Waals surface area contributed by atoms with Crippen LogP contribution >= 0.6 is 0 Å². The highest BCUT2D eigenvalue weighted by molar-refractivity contribution is 6.32. The van der Waals surface area contributed by atoms with Crippen LogP contribution in [0.5, 0.6) is 0 Å². The Balaban J connectivity index is 1.82. The molecule has 3 aromatic rings. The highest BCUT2D eigenvalue weighted by atomic mass is 19.1. The molecule has 2 aromatic carbocycles. The molecule has 0 aliphatic carbocycles. The molecule has 0 saturated carbocycles. The molecule has 5 nitrogen and oxygen atoms in total. The van der Waals surface area contributed by atoms with Crippen molar-refractivity contribution in [2.45, 2.75) is 0 Å². The Morgan fingerprint density at radius 3 is 1.85 bits per heavy atom. The van der Waals surface area contributed by atoms with Gasteiger partial charge in [-0.3, -0.25) is 9.59 Å². The number of hydrogen-bond acceptors (Lipinski definition) is 5. The van der Waals surface area contributed by atoms with E-state index in [9.17, 15) is 14.0 Å². The van der Waals surface area contributed by atoms with Crippen molar-refractivity contribution in [2.24, 2.45) is 0 Å². The minimum absolute atomic E-state index is 0.0641. The molecule has 0 amide bonds. The third-order valence-corrected chi connectivity index (χ3v) is 4.14. The smallest absolute Gasteiger partial charge is 0.214 e. The lowest BCUT2D eigenvalue weighted by Gasteiger charge is -2.11. The molecule has 2 heterocycles. The van der Waals surface area contributed by atoms with Crippen LogP contribution in [0.3, 0.4) is 0 Å². The van der Waals surface area contributed by atoms with Crippen LogP contribution in [0.1, 0.15) is 20.7 Å². The van der Waals surface area contributed by atoms with Crippen molar-refractivity contribution < 1.29 is 14.0 Å². The fraction of sp³-hybridized carbons (Fsp3) is 0. The second-order valence-corrected chi connectivity index (χ2v) is 5.92. The molecule has 1 aliphatic heterocycles. The summed E-state index contributed by atoms with van der Waals surface area (Å²) in [5.41, 5.74) is 1.18. The van der Waals surface area contributed by atoms with Crippen molar-refractivity contribution >= 4 is 23.1 Å². The number of halogens is 1. The van der Waals surface area contributed by atoms with E-state index in [1.165, 1.54) is 12.1 Å². The lowest BCUT2D eigenvalue weighted by Crippen LogP contribution is -2.20. The number of rotatable bonds is 4. The molecule has 27 heavy (non-hydrogen) atoms. The molecule has 6 heteroatoms. The number of nitrogens with zero attached hydrogens (tertiary/aromatic N) is 1. The van der Waals surface area contributed by atoms with E-state index in [2.05, 4.69) is 15.6 Å². The van der Waals surface area contributed by atoms with E-state index < -0.39 is 17.5 Å². The van der Waals surface area contributed by atoms with Gasteiger partial charge in [0.15, 0.2) is 5.82 Å². The Bertz CT molecular complexity index is 1010. The van der Waals surface area contributed by atoms with E-state index >= 15 is 0 Å². The van der Waals surface area contributed by atoms with Crippen LogP contribution in [-0.2, 0) is 0 Å². The Hall–Kier alpha value is -3.80. The Morgan fingerprint density at radius 1 is 0.741 bits per heavy atom. The Labute approximate surface area is 154 Å². The van der Waals surface area contributed by atoms with Crippen LogP contribution in [0.2, 0.25) is 0 Å². The quantitative estimate of drug-likeness (QED) is 0.242. The number of allylic oxidation sites excluding steroid dienone is 1. The molecular weight excluding hydrogens is 345 g/mol. The zero-order valence-electron chi connectivity index (χ0n) is 14.1. The lowest BCUT2D eigenvalue weighted by atomic mass is 9.95. The highest BCUT2D eigenvalue weighted by Gasteiger charge is 2.29. The fourth-order valence-electron chi connectivity index (χ4n) is 2.84. The monoisotopic (exact) mass is 359 g/mol. The van der Waals surface area contributed by atoms with Gasteiger partial charge in [0.25, 0.3) is 0 Å². The molecule has 0 unspecified atom stereocenters. The van der Waals surface area contributed by atoms with E-state index in [1.807, 2.05) is 0 Å². The number of carbonyl (C=O) groups excluding carboxylic acids is 2. The van der Waals surface area contributed by atoms with Crippen molar-refractivity contribution in [3.8, 4) is 0 Å². The molecule has 0 saturated heterocycles. The summed E-state index contributed by atoms with van der Waals surface area (Å²) >= 11 is 0. The predicted octanol–water partition coefficient (Wildman–Crippen LogP) is 4.04. The van der Waals surface area contributed by atoms with Gasteiger partial charge >= 0.3 is 0 Å². The Kier molecular flexibility index (Phi) is 4.22. The second kappa shape index (κ2) is 6.84. The van der Waals surface area contributed by atoms with Crippen molar-refractivity contribution in [1.29, 1.82) is 0 Å². The normalized spacial score (nSPS) is 12.0. The van der Waals surface area contributed by atoms with Gasteiger partial charge in [0.1, 0.15) is 11.4 Å². The van der Waals surface area contributed by atoms with Gasteiger partial charge in [-0.1, -0.05) is 60.7 Å². The minimum Gasteiger partial charge on any atom is -0.338 e. The number of carbonyl (C=O) groups is 2. The maximum absolute atomic E-state index is 13.4. The molecule has 0 spiro atoms. The highest BCUT2D eigenvalue weighted by Crippen LogP contribution is 2.31. The third kappa shape index (κ3) is 3.20. The first-order chi connectivity index (χ1) is 13.1. The van der Waals surface area contributed by atoms with Gasteiger partial charge in [-0.15, -0.1) is 0 Å². The zero-order chi connectivity index (χ0) is 18.8. The van der Waals surface area contributed by atoms with Gasteiger partial charge in [-0.2, -0.15) is 9.37 Å². The van der Waals surface area contributed by atoms with Crippen molar-refractivity contribution in [3.63, 3.8) is 0 Å². The fourth-order valence-corrected chi connectivity index (χ4v) is 2.84. The first kappa shape index (κ1) is 16.7. The van der Waals surface area contributed by atoms with Crippen LogP contribution in [0.15, 0.2) is 84.2 Å². The molecule has 132 valence electrons. The van der Waals surface area contributed by atoms with Crippen LogP contribution in [0.4, 0.5) is 15.9 Å². The number of aromatic nitrogens is 1. The average molecular weight is 359 g/mol. The molecule has 0 atom stereocenters. The topological polar surface area (TPSA) is 71.1 Å². The average Bonchev–Trinajstić information content (AvgIpc) is 3.11. The number of pyridine rings is 1. The van der Waals surface area contributed by atoms with E-state index in [0.29, 0.717) is 16.8 Å². The SMILES string of the molecule is O=C(C(C(=O)c1ccccc1)=C1Nc2ccc(F)nc2N1)c1ccccc1. The summed E-state index contributed by atoms with van der Waals surface area (Å²) in [6.45, 7) is 0. The first-order valence-corrected chi connectivity index (χ1v) is 8.28. The molecule has 0 radical (unpaired) electrons. The summed E-state index contributed by atoms with van der Waals surface area (Å²) in [7, 11) is 0. The number of hydrogen-bond donors (Lipinski definition) is 2. The largest absolute Gasteiger partial charge is 0.338 e. The number of anilines is 2. The minimum atomic E-state index is -0.658. The van der Waals surface area contributed by atoms with E-state index in [4.69, 9.17) is 0 Å². The van der Waals surface area contributed by atoms with Crippen LogP contribution in [0.25, 0.3) is 0 Å². The maximum Gasteiger partial charge on any atom is 0.214 e. The zero-order valence-corrected chi connectivity index (χ0v) is 14.1. The molecule has 0 bridgehead atoms. The van der Waals surface area contributed by atoms with Gasteiger partial charge in [0.05, 0.1) is 5.69 Å². The van der Waals surface area contributed by atoms with E-state index in [-0.39, 0.29) is 17.2 Å². The summed E-state index contributed by atoms with van der Waals surface area (Å²) in [6.07, 6.45) is 0. The van der Waals surface area contributed by atoms with E-state index in [0.717, 1.165) is 0 Å². The summed E-state index contributed by atoms with van der Waals surface area (Å²) < 4.78 is 13.4. The summed E-state index contributed by atoms with van der Waals surface area (Å²) in [5, 5.41) is 5.81. The number of benzene rings is 2. The van der Waals surface area contributed by atoms with Crippen LogP contribution in [0, 0.1) is 5.95 Å². The van der Waals surface area contributed by atoms with Crippen molar-refractivity contribution in [2.75, 3.05) is 10.6 Å². The maximum atomic E-state index is 13.4. The second-order valence-electron chi connectivity index (χ2n) is 5.92. The number of nitrogens with one attached hydrogen (secondary N) is 2. The van der Waals surface area contributed by atoms with Gasteiger partial charge in [0, 0.05) is 11.1 Å². The van der Waals surface area contributed by atoms with Gasteiger partial charge < -0.3 is 10.6 Å². The molecule has 0 fully saturated rings. The van der Waals surface area contributed by atoms with Crippen LogP contribution in [-0.4, -0.2) is 16.6 Å². The first-order valence-electron chi connectivity index (χ1n) is 8.28. The van der Waals surface area contributed by atoms with Crippen LogP contribution < -0.4 is 10.6 Å². The molecule has 1 aliphatic rings. The number of Topliss-reactive ketones (excluding diaryl/α,β-unsaturated/α-hetero) is 2. The lowest BCUT2D eigenvalue weighted by molar-refractivity contribution is 0.0961. The molecule has 4 rings (SSSR count). The Morgan fingerprint density at radius 2 is 1.30 bits per heavy atom. The number of fused-ring (bicyclic) bond motifs is 1. The predicted molar refractivity (Wildman–Crippen MR) is 100 cm³/mol. The van der Waals surface area contributed by atoms with Gasteiger partial charge in [-0.25, -0.2) is 0 Å². The van der Waals surface area contributed by atoms with Gasteiger partial charge in [0.2, 0.25) is 17.5 Å².